The van der Waals surface area contributed by atoms with Crippen LogP contribution in [0.25, 0.3) is 6.08 Å². The van der Waals surface area contributed by atoms with Crippen molar-refractivity contribution < 1.29 is 32.4 Å². The van der Waals surface area contributed by atoms with E-state index in [1.165, 1.54) is 37.3 Å². The summed E-state index contributed by atoms with van der Waals surface area (Å²) in [5, 5.41) is 20.4. The van der Waals surface area contributed by atoms with Crippen molar-refractivity contribution in [2.24, 2.45) is 0 Å². The van der Waals surface area contributed by atoms with Crippen LogP contribution in [0.2, 0.25) is 0 Å². The first-order valence-corrected chi connectivity index (χ1v) is 13.0. The number of ether oxygens (including phenoxy) is 2. The molecule has 39 heavy (non-hydrogen) atoms. The number of carbonyl (C=O) groups is 2. The fourth-order valence-electron chi connectivity index (χ4n) is 3.51. The topological polar surface area (TPSA) is 157 Å². The largest absolute Gasteiger partial charge is 0.463 e. The van der Waals surface area contributed by atoms with Crippen LogP contribution in [0.1, 0.15) is 36.6 Å². The molecule has 0 saturated carbocycles. The Morgan fingerprint density at radius 2 is 1.79 bits per heavy atom. The Bertz CT molecular complexity index is 1560. The van der Waals surface area contributed by atoms with E-state index < -0.39 is 38.0 Å². The van der Waals surface area contributed by atoms with Crippen LogP contribution in [0.5, 0.6) is 0 Å². The SMILES string of the molecule is CCOC(=O)/C=C/c1cccc(N(C(=O)OC(C)c2ccccc2C#N)S(=O)(=O)c2ccc([N+](=O)[O-])cc2)c1. The lowest BCUT2D eigenvalue weighted by Gasteiger charge is -2.24. The molecule has 0 N–H and O–H groups in total. The molecule has 1 atom stereocenters. The van der Waals surface area contributed by atoms with E-state index in [0.717, 1.165) is 30.3 Å². The zero-order valence-corrected chi connectivity index (χ0v) is 21.7. The van der Waals surface area contributed by atoms with Gasteiger partial charge >= 0.3 is 12.1 Å². The number of hydrogen-bond donors (Lipinski definition) is 0. The molecule has 1 unspecified atom stereocenters. The van der Waals surface area contributed by atoms with Crippen molar-refractivity contribution in [1.29, 1.82) is 5.26 Å². The van der Waals surface area contributed by atoms with Gasteiger partial charge in [0.05, 0.1) is 33.7 Å². The minimum atomic E-state index is -4.64. The lowest BCUT2D eigenvalue weighted by molar-refractivity contribution is -0.384. The summed E-state index contributed by atoms with van der Waals surface area (Å²) in [7, 11) is -4.64. The van der Waals surface area contributed by atoms with E-state index in [2.05, 4.69) is 0 Å². The van der Waals surface area contributed by atoms with Crippen LogP contribution in [0, 0.1) is 21.4 Å². The van der Waals surface area contributed by atoms with Gasteiger partial charge in [-0.1, -0.05) is 30.3 Å². The molecule has 0 aliphatic rings. The van der Waals surface area contributed by atoms with Gasteiger partial charge in [0.25, 0.3) is 15.7 Å². The number of anilines is 1. The van der Waals surface area contributed by atoms with Crippen LogP contribution in [-0.2, 0) is 24.3 Å². The maximum atomic E-state index is 13.7. The van der Waals surface area contributed by atoms with Gasteiger partial charge in [0, 0.05) is 23.8 Å². The normalized spacial score (nSPS) is 11.8. The summed E-state index contributed by atoms with van der Waals surface area (Å²) >= 11 is 0. The molecule has 0 aliphatic heterocycles. The van der Waals surface area contributed by atoms with Gasteiger partial charge in [0.2, 0.25) is 0 Å². The van der Waals surface area contributed by atoms with Crippen molar-refractivity contribution in [2.75, 3.05) is 10.9 Å². The number of sulfonamides is 1. The van der Waals surface area contributed by atoms with E-state index in [1.807, 2.05) is 6.07 Å². The molecular weight excluding hydrogens is 526 g/mol. The number of benzene rings is 3. The van der Waals surface area contributed by atoms with Crippen LogP contribution < -0.4 is 4.31 Å². The van der Waals surface area contributed by atoms with Crippen molar-refractivity contribution in [3.8, 4) is 6.07 Å². The number of hydrogen-bond acceptors (Lipinski definition) is 9. The third kappa shape index (κ3) is 6.85. The van der Waals surface area contributed by atoms with E-state index in [4.69, 9.17) is 9.47 Å². The Kier molecular flexibility index (Phi) is 9.14. The summed E-state index contributed by atoms with van der Waals surface area (Å²) in [5.74, 6) is -0.609. The number of nitriles is 1. The Balaban J connectivity index is 2.06. The minimum Gasteiger partial charge on any atom is -0.463 e. The second-order valence-electron chi connectivity index (χ2n) is 7.93. The fraction of sp³-hybridized carbons (Fsp3) is 0.148. The second-order valence-corrected chi connectivity index (χ2v) is 9.71. The molecule has 0 spiro atoms. The molecule has 11 nitrogen and oxygen atoms in total. The third-order valence-electron chi connectivity index (χ3n) is 5.35. The molecule has 0 heterocycles. The van der Waals surface area contributed by atoms with Crippen molar-refractivity contribution in [2.45, 2.75) is 24.8 Å². The highest BCUT2D eigenvalue weighted by Gasteiger charge is 2.34. The summed E-state index contributed by atoms with van der Waals surface area (Å²) in [4.78, 5) is 35.1. The molecule has 0 aliphatic carbocycles. The molecule has 0 saturated heterocycles. The van der Waals surface area contributed by atoms with Gasteiger partial charge in [-0.25, -0.2) is 18.0 Å². The van der Waals surface area contributed by atoms with E-state index in [1.54, 1.807) is 31.2 Å². The van der Waals surface area contributed by atoms with Gasteiger partial charge < -0.3 is 9.47 Å². The Morgan fingerprint density at radius 3 is 2.44 bits per heavy atom. The average molecular weight is 550 g/mol. The first kappa shape index (κ1) is 28.5. The number of nitro groups is 1. The molecule has 0 aromatic heterocycles. The third-order valence-corrected chi connectivity index (χ3v) is 7.06. The molecule has 1 amide bonds. The van der Waals surface area contributed by atoms with Gasteiger partial charge in [0.1, 0.15) is 6.10 Å². The number of nitro benzene ring substituents is 1. The number of amides is 1. The predicted octanol–water partition coefficient (Wildman–Crippen LogP) is 5.14. The molecule has 3 rings (SSSR count). The van der Waals surface area contributed by atoms with E-state index in [-0.39, 0.29) is 23.5 Å². The fourth-order valence-corrected chi connectivity index (χ4v) is 4.83. The molecule has 3 aromatic carbocycles. The zero-order chi connectivity index (χ0) is 28.6. The summed E-state index contributed by atoms with van der Waals surface area (Å²) in [5.41, 5.74) is 0.530. The number of rotatable bonds is 9. The first-order valence-electron chi connectivity index (χ1n) is 11.5. The van der Waals surface area contributed by atoms with E-state index >= 15 is 0 Å². The highest BCUT2D eigenvalue weighted by molar-refractivity contribution is 7.93. The smallest absolute Gasteiger partial charge is 0.429 e. The van der Waals surface area contributed by atoms with Gasteiger partial charge in [0.15, 0.2) is 0 Å². The van der Waals surface area contributed by atoms with Gasteiger partial charge in [-0.2, -0.15) is 9.57 Å². The molecule has 0 fully saturated rings. The number of carbonyl (C=O) groups excluding carboxylic acids is 2. The maximum absolute atomic E-state index is 13.7. The second kappa shape index (κ2) is 12.5. The maximum Gasteiger partial charge on any atom is 0.429 e. The minimum absolute atomic E-state index is 0.120. The summed E-state index contributed by atoms with van der Waals surface area (Å²) in [6.45, 7) is 3.31. The van der Waals surface area contributed by atoms with Crippen LogP contribution in [0.15, 0.2) is 83.8 Å². The highest BCUT2D eigenvalue weighted by atomic mass is 32.2. The van der Waals surface area contributed by atoms with Crippen molar-refractivity contribution in [3.63, 3.8) is 0 Å². The Hall–Kier alpha value is -5.02. The average Bonchev–Trinajstić information content (AvgIpc) is 2.92. The lowest BCUT2D eigenvalue weighted by atomic mass is 10.0. The van der Waals surface area contributed by atoms with Gasteiger partial charge in [-0.05, 0) is 55.8 Å². The quantitative estimate of drug-likeness (QED) is 0.153. The van der Waals surface area contributed by atoms with Gasteiger partial charge in [-0.15, -0.1) is 0 Å². The molecule has 0 bridgehead atoms. The van der Waals surface area contributed by atoms with Crippen molar-refractivity contribution in [1.82, 2.24) is 0 Å². The zero-order valence-electron chi connectivity index (χ0n) is 20.9. The summed E-state index contributed by atoms with van der Waals surface area (Å²) in [6.07, 6.45) is 0.252. The van der Waals surface area contributed by atoms with Crippen LogP contribution in [0.4, 0.5) is 16.2 Å². The van der Waals surface area contributed by atoms with Crippen molar-refractivity contribution in [3.05, 3.63) is 106 Å². The van der Waals surface area contributed by atoms with E-state index in [0.29, 0.717) is 15.4 Å². The molecule has 0 radical (unpaired) electrons. The molecular formula is C27H23N3O8S. The number of esters is 1. The lowest BCUT2D eigenvalue weighted by Crippen LogP contribution is -2.38. The van der Waals surface area contributed by atoms with E-state index in [9.17, 15) is 33.4 Å². The van der Waals surface area contributed by atoms with Crippen molar-refractivity contribution >= 4 is 39.5 Å². The highest BCUT2D eigenvalue weighted by Crippen LogP contribution is 2.30. The summed E-state index contributed by atoms with van der Waals surface area (Å²) < 4.78 is 38.1. The van der Waals surface area contributed by atoms with Gasteiger partial charge in [-0.3, -0.25) is 10.1 Å². The van der Waals surface area contributed by atoms with Crippen LogP contribution >= 0.6 is 0 Å². The van der Waals surface area contributed by atoms with Crippen LogP contribution in [0.3, 0.4) is 0 Å². The van der Waals surface area contributed by atoms with Crippen LogP contribution in [-0.4, -0.2) is 32.0 Å². The monoisotopic (exact) mass is 549 g/mol. The number of nitrogens with zero attached hydrogens (tertiary/aromatic N) is 3. The number of non-ortho nitro benzene ring substituents is 1. The standard InChI is InChI=1S/C27H23N3O8S/c1-3-37-26(31)16-11-20-7-6-9-23(17-20)29(39(35,36)24-14-12-22(13-15-24)30(33)34)27(32)38-19(2)25-10-5-4-8-21(25)18-28/h4-17,19H,3H2,1-2H3/b16-11+. The Morgan fingerprint density at radius 1 is 1.10 bits per heavy atom. The molecule has 3 aromatic rings. The molecule has 12 heteroatoms. The predicted molar refractivity (Wildman–Crippen MR) is 141 cm³/mol. The summed E-state index contributed by atoms with van der Waals surface area (Å²) in [6, 6.07) is 18.1. The first-order chi connectivity index (χ1) is 18.6. The molecule has 200 valence electrons. The Labute approximate surface area is 224 Å².